The number of amides is 1. The fraction of sp³-hybridized carbons (Fsp3) is 0.409. The molecular formula is C22H29ClF3NO3S. The van der Waals surface area contributed by atoms with E-state index in [1.807, 2.05) is 0 Å². The highest BCUT2D eigenvalue weighted by Crippen LogP contribution is 2.26. The molecule has 0 radical (unpaired) electrons. The molecule has 0 saturated carbocycles. The normalized spacial score (nSPS) is 10.0. The highest BCUT2D eigenvalue weighted by molar-refractivity contribution is 7.93. The van der Waals surface area contributed by atoms with E-state index in [-0.39, 0.29) is 27.8 Å². The van der Waals surface area contributed by atoms with Gasteiger partial charge in [-0.15, -0.1) is 0 Å². The fourth-order valence-corrected chi connectivity index (χ4v) is 2.71. The summed E-state index contributed by atoms with van der Waals surface area (Å²) in [5.41, 5.74) is -0.120. The van der Waals surface area contributed by atoms with Crippen molar-refractivity contribution in [3.8, 4) is 0 Å². The van der Waals surface area contributed by atoms with E-state index in [4.69, 9.17) is 21.3 Å². The number of nitrogens with one attached hydrogen (secondary N) is 1. The van der Waals surface area contributed by atoms with Gasteiger partial charge in [0.1, 0.15) is 0 Å². The van der Waals surface area contributed by atoms with E-state index >= 15 is 0 Å². The Bertz CT molecular complexity index is 800. The van der Waals surface area contributed by atoms with Crippen molar-refractivity contribution in [2.75, 3.05) is 11.9 Å². The van der Waals surface area contributed by atoms with Crippen LogP contribution in [0.5, 0.6) is 0 Å². The lowest BCUT2D eigenvalue weighted by Crippen LogP contribution is -2.12. The maximum atomic E-state index is 13.0. The summed E-state index contributed by atoms with van der Waals surface area (Å²) in [6.45, 7) is 8.72. The van der Waals surface area contributed by atoms with Crippen molar-refractivity contribution < 1.29 is 27.6 Å². The van der Waals surface area contributed by atoms with Gasteiger partial charge in [-0.3, -0.25) is 4.79 Å². The first-order valence-electron chi connectivity index (χ1n) is 9.78. The highest BCUT2D eigenvalue weighted by atomic mass is 35.5. The zero-order valence-electron chi connectivity index (χ0n) is 18.0. The SMILES string of the molecule is CCCCC(C)C.CCO.O=C(Nc1cc(F)c(F)c(F)c1)c1ccc(Cl)c(SO)c1. The molecule has 0 unspecified atom stereocenters. The Kier molecular flexibility index (Phi) is 15.1. The van der Waals surface area contributed by atoms with Crippen LogP contribution in [-0.4, -0.2) is 22.2 Å². The van der Waals surface area contributed by atoms with Gasteiger partial charge in [-0.1, -0.05) is 51.6 Å². The molecule has 9 heteroatoms. The van der Waals surface area contributed by atoms with Crippen LogP contribution in [0.25, 0.3) is 0 Å². The molecule has 0 atom stereocenters. The molecule has 0 fully saturated rings. The molecule has 3 N–H and O–H groups in total. The molecule has 2 rings (SSSR count). The zero-order valence-corrected chi connectivity index (χ0v) is 19.6. The van der Waals surface area contributed by atoms with Gasteiger partial charge >= 0.3 is 0 Å². The van der Waals surface area contributed by atoms with Gasteiger partial charge in [0, 0.05) is 42.0 Å². The predicted octanol–water partition coefficient (Wildman–Crippen LogP) is 7.41. The topological polar surface area (TPSA) is 69.6 Å². The summed E-state index contributed by atoms with van der Waals surface area (Å²) in [4.78, 5) is 12.2. The van der Waals surface area contributed by atoms with E-state index in [0.717, 1.165) is 5.92 Å². The van der Waals surface area contributed by atoms with Crippen LogP contribution in [0.2, 0.25) is 5.02 Å². The number of aliphatic hydroxyl groups excluding tert-OH is 1. The molecular weight excluding hydrogens is 451 g/mol. The summed E-state index contributed by atoms with van der Waals surface area (Å²) in [6, 6.07) is 5.38. The number of carbonyl (C=O) groups excluding carboxylic acids is 1. The summed E-state index contributed by atoms with van der Waals surface area (Å²) >= 11 is 6.13. The van der Waals surface area contributed by atoms with Gasteiger partial charge < -0.3 is 15.0 Å². The third kappa shape index (κ3) is 11.4. The van der Waals surface area contributed by atoms with Gasteiger partial charge in [0.25, 0.3) is 5.91 Å². The van der Waals surface area contributed by atoms with Crippen molar-refractivity contribution in [1.82, 2.24) is 0 Å². The number of aliphatic hydroxyl groups is 1. The van der Waals surface area contributed by atoms with E-state index in [1.54, 1.807) is 6.92 Å². The van der Waals surface area contributed by atoms with Crippen molar-refractivity contribution in [3.63, 3.8) is 0 Å². The van der Waals surface area contributed by atoms with Gasteiger partial charge in [0.15, 0.2) is 17.5 Å². The fourth-order valence-electron chi connectivity index (χ4n) is 2.16. The zero-order chi connectivity index (χ0) is 24.0. The summed E-state index contributed by atoms with van der Waals surface area (Å²) in [7, 11) is 0. The molecule has 0 spiro atoms. The Morgan fingerprint density at radius 2 is 1.68 bits per heavy atom. The summed E-state index contributed by atoms with van der Waals surface area (Å²) < 4.78 is 47.9. The van der Waals surface area contributed by atoms with Gasteiger partial charge in [-0.05, 0) is 31.0 Å². The molecule has 4 nitrogen and oxygen atoms in total. The second-order valence-corrected chi connectivity index (χ2v) is 7.83. The van der Waals surface area contributed by atoms with E-state index in [9.17, 15) is 18.0 Å². The number of hydrogen-bond acceptors (Lipinski definition) is 4. The smallest absolute Gasteiger partial charge is 0.255 e. The minimum absolute atomic E-state index is 0.112. The van der Waals surface area contributed by atoms with Gasteiger partial charge in [0.05, 0.1) is 9.92 Å². The van der Waals surface area contributed by atoms with E-state index in [1.165, 1.54) is 37.5 Å². The number of halogens is 4. The monoisotopic (exact) mass is 479 g/mol. The second-order valence-electron chi connectivity index (χ2n) is 6.80. The molecule has 31 heavy (non-hydrogen) atoms. The molecule has 0 heterocycles. The molecule has 0 aromatic heterocycles. The Hall–Kier alpha value is -1.74. The summed E-state index contributed by atoms with van der Waals surface area (Å²) in [6.07, 6.45) is 4.15. The molecule has 2 aromatic carbocycles. The minimum Gasteiger partial charge on any atom is -0.397 e. The van der Waals surface area contributed by atoms with Crippen LogP contribution in [0.3, 0.4) is 0 Å². The van der Waals surface area contributed by atoms with Crippen molar-refractivity contribution in [1.29, 1.82) is 0 Å². The Labute approximate surface area is 191 Å². The van der Waals surface area contributed by atoms with Crippen LogP contribution in [0, 0.1) is 23.4 Å². The molecule has 1 amide bonds. The van der Waals surface area contributed by atoms with Gasteiger partial charge in [-0.25, -0.2) is 13.2 Å². The number of hydrogen-bond donors (Lipinski definition) is 3. The predicted molar refractivity (Wildman–Crippen MR) is 121 cm³/mol. The summed E-state index contributed by atoms with van der Waals surface area (Å²) in [5.74, 6) is -4.22. The van der Waals surface area contributed by atoms with Crippen molar-refractivity contribution >= 4 is 35.2 Å². The van der Waals surface area contributed by atoms with Crippen molar-refractivity contribution in [2.24, 2.45) is 5.92 Å². The van der Waals surface area contributed by atoms with Gasteiger partial charge in [0.2, 0.25) is 0 Å². The number of unbranched alkanes of at least 4 members (excludes halogenated alkanes) is 1. The average Bonchev–Trinajstić information content (AvgIpc) is 2.71. The lowest BCUT2D eigenvalue weighted by Gasteiger charge is -2.08. The van der Waals surface area contributed by atoms with Crippen LogP contribution < -0.4 is 5.32 Å². The highest BCUT2D eigenvalue weighted by Gasteiger charge is 2.14. The van der Waals surface area contributed by atoms with Crippen LogP contribution in [0.15, 0.2) is 35.2 Å². The third-order valence-corrected chi connectivity index (χ3v) is 4.64. The lowest BCUT2D eigenvalue weighted by atomic mass is 10.1. The van der Waals surface area contributed by atoms with Crippen LogP contribution in [0.4, 0.5) is 18.9 Å². The third-order valence-electron chi connectivity index (χ3n) is 3.67. The molecule has 0 aliphatic rings. The molecule has 0 bridgehead atoms. The Balaban J connectivity index is 0.000000756. The quantitative estimate of drug-likeness (QED) is 0.298. The average molecular weight is 480 g/mol. The standard InChI is InChI=1S/C13H7ClF3NO2S.C7H16.C2H6O/c14-8-2-1-6(3-11(8)21-20)13(19)18-7-4-9(15)12(17)10(16)5-7;1-4-5-6-7(2)3;1-2-3/h1-5,20H,(H,18,19);7H,4-6H2,1-3H3;3H,2H2,1H3. The van der Waals surface area contributed by atoms with E-state index in [2.05, 4.69) is 26.1 Å². The number of rotatable bonds is 6. The maximum Gasteiger partial charge on any atom is 0.255 e. The Morgan fingerprint density at radius 1 is 1.13 bits per heavy atom. The molecule has 174 valence electrons. The van der Waals surface area contributed by atoms with E-state index < -0.39 is 23.4 Å². The number of carbonyl (C=O) groups is 1. The largest absolute Gasteiger partial charge is 0.397 e. The van der Waals surface area contributed by atoms with Crippen LogP contribution in [-0.2, 0) is 0 Å². The van der Waals surface area contributed by atoms with Crippen LogP contribution in [0.1, 0.15) is 57.3 Å². The number of benzene rings is 2. The number of anilines is 1. The molecule has 0 aliphatic carbocycles. The summed E-state index contributed by atoms with van der Waals surface area (Å²) in [5, 5.41) is 10.0. The Morgan fingerprint density at radius 3 is 2.10 bits per heavy atom. The van der Waals surface area contributed by atoms with Gasteiger partial charge in [-0.2, -0.15) is 0 Å². The molecule has 0 saturated heterocycles. The van der Waals surface area contributed by atoms with Crippen LogP contribution >= 0.6 is 23.6 Å². The minimum atomic E-state index is -1.61. The molecule has 2 aromatic rings. The van der Waals surface area contributed by atoms with Crippen molar-refractivity contribution in [3.05, 3.63) is 58.4 Å². The second kappa shape index (κ2) is 16.0. The van der Waals surface area contributed by atoms with Crippen molar-refractivity contribution in [2.45, 2.75) is 51.9 Å². The lowest BCUT2D eigenvalue weighted by molar-refractivity contribution is 0.102. The first-order chi connectivity index (χ1) is 14.6. The first kappa shape index (κ1) is 29.3. The first-order valence-corrected chi connectivity index (χ1v) is 10.9. The molecule has 0 aliphatic heterocycles. The maximum absolute atomic E-state index is 13.0. The van der Waals surface area contributed by atoms with E-state index in [0.29, 0.717) is 24.2 Å².